The highest BCUT2D eigenvalue weighted by Crippen LogP contribution is 2.23. The number of halogens is 1. The van der Waals surface area contributed by atoms with Crippen molar-refractivity contribution in [3.8, 4) is 0 Å². The predicted molar refractivity (Wildman–Crippen MR) is 97.2 cm³/mol. The molecule has 2 rings (SSSR count). The fourth-order valence-corrected chi connectivity index (χ4v) is 3.74. The Labute approximate surface area is 156 Å². The lowest BCUT2D eigenvalue weighted by Gasteiger charge is -2.21. The van der Waals surface area contributed by atoms with Crippen molar-refractivity contribution in [3.05, 3.63) is 21.3 Å². The summed E-state index contributed by atoms with van der Waals surface area (Å²) < 4.78 is 5.53. The third-order valence-corrected chi connectivity index (χ3v) is 5.29. The van der Waals surface area contributed by atoms with Crippen molar-refractivity contribution >= 4 is 40.6 Å². The van der Waals surface area contributed by atoms with Crippen molar-refractivity contribution < 1.29 is 19.1 Å². The number of rotatable bonds is 7. The first-order chi connectivity index (χ1) is 12.0. The zero-order valence-corrected chi connectivity index (χ0v) is 15.9. The summed E-state index contributed by atoms with van der Waals surface area (Å²) in [7, 11) is 0. The summed E-state index contributed by atoms with van der Waals surface area (Å²) in [5.41, 5.74) is 0. The fraction of sp³-hybridized carbons (Fsp3) is 0.588. The number of thiophene rings is 1. The van der Waals surface area contributed by atoms with Crippen molar-refractivity contribution in [2.75, 3.05) is 39.3 Å². The van der Waals surface area contributed by atoms with Gasteiger partial charge in [-0.25, -0.2) is 0 Å². The molecule has 0 radical (unpaired) electrons. The Bertz CT molecular complexity index is 620. The molecule has 0 spiro atoms. The van der Waals surface area contributed by atoms with E-state index in [9.17, 15) is 14.4 Å². The second-order valence-electron chi connectivity index (χ2n) is 5.84. The topological polar surface area (TPSA) is 66.9 Å². The number of Topliss-reactive ketones (excluding diaryl/α,β-unsaturated/α-hetero) is 1. The van der Waals surface area contributed by atoms with Crippen molar-refractivity contribution in [1.82, 2.24) is 9.80 Å². The van der Waals surface area contributed by atoms with E-state index in [1.165, 1.54) is 11.3 Å². The second-order valence-corrected chi connectivity index (χ2v) is 7.56. The molecule has 0 aromatic carbocycles. The maximum atomic E-state index is 12.4. The molecule has 1 saturated heterocycles. The van der Waals surface area contributed by atoms with Gasteiger partial charge in [0.05, 0.1) is 22.4 Å². The van der Waals surface area contributed by atoms with Gasteiger partial charge in [0.25, 0.3) is 0 Å². The summed E-state index contributed by atoms with van der Waals surface area (Å²) in [5.74, 6) is -0.305. The van der Waals surface area contributed by atoms with Crippen LogP contribution in [0.3, 0.4) is 0 Å². The van der Waals surface area contributed by atoms with Gasteiger partial charge in [-0.2, -0.15) is 0 Å². The van der Waals surface area contributed by atoms with E-state index >= 15 is 0 Å². The highest BCUT2D eigenvalue weighted by molar-refractivity contribution is 7.18. The van der Waals surface area contributed by atoms with E-state index in [1.807, 2.05) is 4.90 Å². The molecule has 1 fully saturated rings. The van der Waals surface area contributed by atoms with Gasteiger partial charge in [0.15, 0.2) is 5.78 Å². The van der Waals surface area contributed by atoms with Crippen LogP contribution in [0.5, 0.6) is 0 Å². The predicted octanol–water partition coefficient (Wildman–Crippen LogP) is 2.46. The Balaban J connectivity index is 1.76. The second kappa shape index (κ2) is 9.89. The average molecular weight is 387 g/mol. The highest BCUT2D eigenvalue weighted by atomic mass is 35.5. The molecule has 1 aliphatic heterocycles. The average Bonchev–Trinajstić information content (AvgIpc) is 2.88. The number of ketones is 1. The minimum atomic E-state index is -0.234. The Morgan fingerprint density at radius 2 is 1.96 bits per heavy atom. The summed E-state index contributed by atoms with van der Waals surface area (Å²) in [6.45, 7) is 5.03. The molecule has 1 aliphatic rings. The van der Waals surface area contributed by atoms with Crippen LogP contribution < -0.4 is 0 Å². The Morgan fingerprint density at radius 3 is 2.64 bits per heavy atom. The largest absolute Gasteiger partial charge is 0.465 e. The number of hydrogen-bond donors (Lipinski definition) is 0. The summed E-state index contributed by atoms with van der Waals surface area (Å²) >= 11 is 7.07. The van der Waals surface area contributed by atoms with E-state index in [-0.39, 0.29) is 37.0 Å². The molecule has 2 heterocycles. The van der Waals surface area contributed by atoms with Crippen LogP contribution in [0.25, 0.3) is 0 Å². The van der Waals surface area contributed by atoms with E-state index < -0.39 is 0 Å². The fourth-order valence-electron chi connectivity index (χ4n) is 2.73. The molecule has 0 N–H and O–H groups in total. The first kappa shape index (κ1) is 19.9. The van der Waals surface area contributed by atoms with E-state index in [2.05, 4.69) is 0 Å². The van der Waals surface area contributed by atoms with Crippen LogP contribution >= 0.6 is 22.9 Å². The van der Waals surface area contributed by atoms with Gasteiger partial charge in [0.1, 0.15) is 0 Å². The highest BCUT2D eigenvalue weighted by Gasteiger charge is 2.21. The third-order valence-electron chi connectivity index (χ3n) is 4.01. The quantitative estimate of drug-likeness (QED) is 0.532. The van der Waals surface area contributed by atoms with Crippen LogP contribution in [0, 0.1) is 0 Å². The van der Waals surface area contributed by atoms with E-state index in [1.54, 1.807) is 24.0 Å². The first-order valence-corrected chi connectivity index (χ1v) is 9.63. The van der Waals surface area contributed by atoms with Crippen LogP contribution in [-0.4, -0.2) is 66.8 Å². The summed E-state index contributed by atoms with van der Waals surface area (Å²) in [6, 6.07) is 3.38. The van der Waals surface area contributed by atoms with Crippen molar-refractivity contribution in [3.63, 3.8) is 0 Å². The van der Waals surface area contributed by atoms with Crippen LogP contribution in [0.2, 0.25) is 4.34 Å². The van der Waals surface area contributed by atoms with Gasteiger partial charge in [0, 0.05) is 39.0 Å². The molecular formula is C17H23ClN2O4S. The number of hydrogen-bond acceptors (Lipinski definition) is 6. The minimum Gasteiger partial charge on any atom is -0.465 e. The van der Waals surface area contributed by atoms with Gasteiger partial charge in [-0.3, -0.25) is 19.3 Å². The number of carbonyl (C=O) groups is 3. The molecule has 8 heteroatoms. The number of esters is 1. The molecule has 1 aromatic rings. The Morgan fingerprint density at radius 1 is 1.16 bits per heavy atom. The number of amides is 1. The van der Waals surface area contributed by atoms with Crippen molar-refractivity contribution in [2.45, 2.75) is 26.2 Å². The van der Waals surface area contributed by atoms with Crippen molar-refractivity contribution in [1.29, 1.82) is 0 Å². The SMILES string of the molecule is CCOC(=O)CN1CCCN(C(=O)CCC(=O)c2ccc(Cl)s2)CC1. The monoisotopic (exact) mass is 386 g/mol. The summed E-state index contributed by atoms with van der Waals surface area (Å²) in [5, 5.41) is 0. The van der Waals surface area contributed by atoms with E-state index in [0.717, 1.165) is 13.0 Å². The molecular weight excluding hydrogens is 364 g/mol. The van der Waals surface area contributed by atoms with Crippen LogP contribution in [0.1, 0.15) is 35.9 Å². The lowest BCUT2D eigenvalue weighted by Crippen LogP contribution is -2.37. The zero-order valence-electron chi connectivity index (χ0n) is 14.3. The van der Waals surface area contributed by atoms with Crippen LogP contribution in [0.4, 0.5) is 0 Å². The van der Waals surface area contributed by atoms with Gasteiger partial charge in [0.2, 0.25) is 5.91 Å². The Hall–Kier alpha value is -1.44. The molecule has 0 unspecified atom stereocenters. The van der Waals surface area contributed by atoms with Gasteiger partial charge in [-0.15, -0.1) is 11.3 Å². The minimum absolute atomic E-state index is 0.0195. The van der Waals surface area contributed by atoms with Gasteiger partial charge < -0.3 is 9.64 Å². The maximum absolute atomic E-state index is 12.4. The van der Waals surface area contributed by atoms with Crippen LogP contribution in [-0.2, 0) is 14.3 Å². The third kappa shape index (κ3) is 6.41. The molecule has 138 valence electrons. The van der Waals surface area contributed by atoms with Crippen molar-refractivity contribution in [2.24, 2.45) is 0 Å². The first-order valence-electron chi connectivity index (χ1n) is 8.44. The number of nitrogens with zero attached hydrogens (tertiary/aromatic N) is 2. The molecule has 6 nitrogen and oxygen atoms in total. The molecule has 1 aromatic heterocycles. The van der Waals surface area contributed by atoms with Gasteiger partial charge in [-0.1, -0.05) is 11.6 Å². The molecule has 0 atom stereocenters. The lowest BCUT2D eigenvalue weighted by molar-refractivity contribution is -0.144. The molecule has 25 heavy (non-hydrogen) atoms. The summed E-state index contributed by atoms with van der Waals surface area (Å²) in [6.07, 6.45) is 1.20. The summed E-state index contributed by atoms with van der Waals surface area (Å²) in [4.78, 5) is 40.4. The zero-order chi connectivity index (χ0) is 18.2. The molecule has 0 bridgehead atoms. The molecule has 0 aliphatic carbocycles. The Kier molecular flexibility index (Phi) is 7.87. The van der Waals surface area contributed by atoms with Crippen LogP contribution in [0.15, 0.2) is 12.1 Å². The normalized spacial score (nSPS) is 15.7. The smallest absolute Gasteiger partial charge is 0.320 e. The number of ether oxygens (including phenoxy) is 1. The maximum Gasteiger partial charge on any atom is 0.320 e. The molecule has 1 amide bonds. The molecule has 0 saturated carbocycles. The van der Waals surface area contributed by atoms with Gasteiger partial charge >= 0.3 is 5.97 Å². The standard InChI is InChI=1S/C17H23ClN2O4S/c1-2-24-17(23)12-19-8-3-9-20(11-10-19)16(22)7-4-13(21)14-5-6-15(18)25-14/h5-6H,2-4,7-12H2,1H3. The number of carbonyl (C=O) groups excluding carboxylic acids is 3. The van der Waals surface area contributed by atoms with E-state index in [0.29, 0.717) is 35.5 Å². The lowest BCUT2D eigenvalue weighted by atomic mass is 10.2. The van der Waals surface area contributed by atoms with E-state index in [4.69, 9.17) is 16.3 Å². The van der Waals surface area contributed by atoms with Gasteiger partial charge in [-0.05, 0) is 25.5 Å².